The molecule has 2 aromatic rings. The molecule has 0 aliphatic heterocycles. The molecule has 0 aliphatic rings. The van der Waals surface area contributed by atoms with E-state index in [4.69, 9.17) is 0 Å². The largest absolute Gasteiger partial charge is 0.346 e. The third-order valence-corrected chi connectivity index (χ3v) is 5.13. The van der Waals surface area contributed by atoms with Crippen LogP contribution in [0.4, 0.5) is 0 Å². The summed E-state index contributed by atoms with van der Waals surface area (Å²) in [6, 6.07) is 6.27. The topological polar surface area (TPSA) is 76.1 Å². The maximum atomic E-state index is 11.9. The van der Waals surface area contributed by atoms with E-state index in [2.05, 4.69) is 10.3 Å². The van der Waals surface area contributed by atoms with Crippen LogP contribution < -0.4 is 5.32 Å². The number of carbonyl (C=O) groups is 1. The Morgan fingerprint density at radius 1 is 1.30 bits per heavy atom. The molecule has 2 rings (SSSR count). The predicted octanol–water partition coefficient (Wildman–Crippen LogP) is 2.75. The van der Waals surface area contributed by atoms with Crippen molar-refractivity contribution in [3.05, 3.63) is 52.0 Å². The molecule has 0 fully saturated rings. The number of amides is 1. The summed E-state index contributed by atoms with van der Waals surface area (Å²) in [7, 11) is -3.21. The van der Waals surface area contributed by atoms with Crippen molar-refractivity contribution in [2.45, 2.75) is 24.8 Å². The molecule has 1 atom stereocenters. The van der Waals surface area contributed by atoms with Crippen molar-refractivity contribution < 1.29 is 13.2 Å². The molecular weight excluding hydrogens is 332 g/mol. The molecule has 1 aromatic carbocycles. The van der Waals surface area contributed by atoms with Crippen LogP contribution >= 0.6 is 11.3 Å². The highest BCUT2D eigenvalue weighted by molar-refractivity contribution is 7.90. The van der Waals surface area contributed by atoms with Crippen molar-refractivity contribution in [1.82, 2.24) is 10.3 Å². The van der Waals surface area contributed by atoms with Crippen molar-refractivity contribution in [1.29, 1.82) is 0 Å². The first-order valence-electron chi connectivity index (χ1n) is 6.96. The van der Waals surface area contributed by atoms with Gasteiger partial charge in [-0.15, -0.1) is 11.3 Å². The van der Waals surface area contributed by atoms with Gasteiger partial charge in [-0.1, -0.05) is 12.1 Å². The van der Waals surface area contributed by atoms with E-state index in [1.54, 1.807) is 30.3 Å². The average molecular weight is 350 g/mol. The van der Waals surface area contributed by atoms with Gasteiger partial charge in [-0.3, -0.25) is 4.79 Å². The van der Waals surface area contributed by atoms with Crippen LogP contribution in [0, 0.1) is 6.92 Å². The van der Waals surface area contributed by atoms with Crippen molar-refractivity contribution in [2.24, 2.45) is 0 Å². The number of sulfone groups is 1. The van der Waals surface area contributed by atoms with E-state index < -0.39 is 9.84 Å². The molecule has 0 aliphatic carbocycles. The van der Waals surface area contributed by atoms with Crippen molar-refractivity contribution in [3.63, 3.8) is 0 Å². The summed E-state index contributed by atoms with van der Waals surface area (Å²) in [5.41, 5.74) is 1.59. The lowest BCUT2D eigenvalue weighted by Crippen LogP contribution is -2.24. The van der Waals surface area contributed by atoms with E-state index in [1.807, 2.05) is 19.2 Å². The smallest absolute Gasteiger partial charge is 0.244 e. The number of hydrogen-bond donors (Lipinski definition) is 1. The van der Waals surface area contributed by atoms with Crippen LogP contribution in [-0.2, 0) is 14.6 Å². The first-order chi connectivity index (χ1) is 10.8. The van der Waals surface area contributed by atoms with Crippen molar-refractivity contribution in [3.8, 4) is 0 Å². The van der Waals surface area contributed by atoms with Gasteiger partial charge in [0.2, 0.25) is 5.91 Å². The maximum absolute atomic E-state index is 11.9. The Hall–Kier alpha value is -1.99. The number of hydrogen-bond acceptors (Lipinski definition) is 5. The van der Waals surface area contributed by atoms with Gasteiger partial charge in [-0.25, -0.2) is 13.4 Å². The van der Waals surface area contributed by atoms with Crippen LogP contribution in [-0.4, -0.2) is 25.6 Å². The van der Waals surface area contributed by atoms with Crippen molar-refractivity contribution in [2.75, 3.05) is 6.26 Å². The van der Waals surface area contributed by atoms with E-state index in [0.717, 1.165) is 22.5 Å². The molecule has 0 saturated carbocycles. The Morgan fingerprint density at radius 3 is 2.48 bits per heavy atom. The fourth-order valence-corrected chi connectivity index (χ4v) is 3.18. The number of benzene rings is 1. The summed E-state index contributed by atoms with van der Waals surface area (Å²) in [6.07, 6.45) is 4.27. The molecule has 7 heteroatoms. The fraction of sp³-hybridized carbons (Fsp3) is 0.250. The molecule has 23 heavy (non-hydrogen) atoms. The maximum Gasteiger partial charge on any atom is 0.244 e. The number of aromatic nitrogens is 1. The second-order valence-electron chi connectivity index (χ2n) is 5.20. The van der Waals surface area contributed by atoms with Crippen LogP contribution in [0.3, 0.4) is 0 Å². The zero-order chi connectivity index (χ0) is 17.0. The molecule has 1 N–H and O–H groups in total. The Bertz CT molecular complexity index is 821. The van der Waals surface area contributed by atoms with Crippen LogP contribution in [0.15, 0.2) is 40.6 Å². The van der Waals surface area contributed by atoms with E-state index in [-0.39, 0.29) is 16.8 Å². The van der Waals surface area contributed by atoms with Gasteiger partial charge in [-0.05, 0) is 37.6 Å². The predicted molar refractivity (Wildman–Crippen MR) is 92.0 cm³/mol. The second-order valence-corrected chi connectivity index (χ2v) is 8.27. The van der Waals surface area contributed by atoms with Gasteiger partial charge in [0.1, 0.15) is 0 Å². The Balaban J connectivity index is 1.99. The normalized spacial score (nSPS) is 13.2. The molecule has 0 spiro atoms. The van der Waals surface area contributed by atoms with Gasteiger partial charge >= 0.3 is 0 Å². The van der Waals surface area contributed by atoms with Gasteiger partial charge in [-0.2, -0.15) is 0 Å². The molecule has 0 saturated heterocycles. The van der Waals surface area contributed by atoms with Crippen LogP contribution in [0.2, 0.25) is 0 Å². The molecule has 1 heterocycles. The molecule has 1 unspecified atom stereocenters. The van der Waals surface area contributed by atoms with E-state index in [0.29, 0.717) is 0 Å². The molecule has 1 amide bonds. The summed E-state index contributed by atoms with van der Waals surface area (Å²) in [6.45, 7) is 3.75. The summed E-state index contributed by atoms with van der Waals surface area (Å²) in [5, 5.41) is 5.66. The highest BCUT2D eigenvalue weighted by atomic mass is 32.2. The Morgan fingerprint density at radius 2 is 1.96 bits per heavy atom. The number of rotatable bonds is 5. The molecule has 0 bridgehead atoms. The summed E-state index contributed by atoms with van der Waals surface area (Å²) in [4.78, 5) is 16.4. The van der Waals surface area contributed by atoms with E-state index in [9.17, 15) is 13.2 Å². The number of nitrogens with zero attached hydrogens (tertiary/aromatic N) is 1. The van der Waals surface area contributed by atoms with E-state index >= 15 is 0 Å². The summed E-state index contributed by atoms with van der Waals surface area (Å²) in [5.74, 6) is -0.227. The standard InChI is InChI=1S/C16H18N2O3S2/c1-11(13-4-7-15(8-5-13)23(3,20)21)17-16(19)9-6-14-10-22-12(2)18-14/h4-11H,1-3H3,(H,17,19)/b9-6+. The average Bonchev–Trinajstić information content (AvgIpc) is 2.90. The third-order valence-electron chi connectivity index (χ3n) is 3.21. The number of carbonyl (C=O) groups excluding carboxylic acids is 1. The van der Waals surface area contributed by atoms with Gasteiger partial charge in [0.15, 0.2) is 9.84 Å². The third kappa shape index (κ3) is 5.01. The summed E-state index contributed by atoms with van der Waals surface area (Å²) >= 11 is 1.53. The first-order valence-corrected chi connectivity index (χ1v) is 9.73. The Labute approximate surface area is 140 Å². The van der Waals surface area contributed by atoms with Crippen LogP contribution in [0.25, 0.3) is 6.08 Å². The zero-order valence-corrected chi connectivity index (χ0v) is 14.7. The lowest BCUT2D eigenvalue weighted by Gasteiger charge is -2.13. The molecule has 122 valence electrons. The van der Waals surface area contributed by atoms with Crippen LogP contribution in [0.1, 0.15) is 29.2 Å². The lowest BCUT2D eigenvalue weighted by atomic mass is 10.1. The molecular formula is C16H18N2O3S2. The van der Waals surface area contributed by atoms with Crippen molar-refractivity contribution >= 4 is 33.2 Å². The van der Waals surface area contributed by atoms with E-state index in [1.165, 1.54) is 17.4 Å². The number of thiazole rings is 1. The van der Waals surface area contributed by atoms with Gasteiger partial charge < -0.3 is 5.32 Å². The monoisotopic (exact) mass is 350 g/mol. The molecule has 5 nitrogen and oxygen atoms in total. The number of nitrogens with one attached hydrogen (secondary N) is 1. The number of aryl methyl sites for hydroxylation is 1. The first kappa shape index (κ1) is 17.4. The molecule has 0 radical (unpaired) electrons. The van der Waals surface area contributed by atoms with Crippen LogP contribution in [0.5, 0.6) is 0 Å². The minimum Gasteiger partial charge on any atom is -0.346 e. The quantitative estimate of drug-likeness (QED) is 0.841. The minimum atomic E-state index is -3.21. The highest BCUT2D eigenvalue weighted by Crippen LogP contribution is 2.16. The summed E-state index contributed by atoms with van der Waals surface area (Å²) < 4.78 is 22.9. The van der Waals surface area contributed by atoms with Gasteiger partial charge in [0, 0.05) is 17.7 Å². The van der Waals surface area contributed by atoms with Gasteiger partial charge in [0.05, 0.1) is 21.6 Å². The SMILES string of the molecule is Cc1nc(/C=C/C(=O)NC(C)c2ccc(S(C)(=O)=O)cc2)cs1. The second kappa shape index (κ2) is 7.06. The highest BCUT2D eigenvalue weighted by Gasteiger charge is 2.10. The molecule has 1 aromatic heterocycles. The van der Waals surface area contributed by atoms with Gasteiger partial charge in [0.25, 0.3) is 0 Å². The fourth-order valence-electron chi connectivity index (χ4n) is 1.97. The Kier molecular flexibility index (Phi) is 5.33. The lowest BCUT2D eigenvalue weighted by molar-refractivity contribution is -0.117. The minimum absolute atomic E-state index is 0.224. The zero-order valence-electron chi connectivity index (χ0n) is 13.1.